The molecule has 4 heteroatoms. The fourth-order valence-electron chi connectivity index (χ4n) is 3.05. The molecule has 2 aromatic heterocycles. The molecule has 0 saturated heterocycles. The molecule has 0 N–H and O–H groups in total. The van der Waals surface area contributed by atoms with Gasteiger partial charge in [-0.25, -0.2) is 9.78 Å². The minimum Gasteiger partial charge on any atom is -0.421 e. The van der Waals surface area contributed by atoms with Crippen molar-refractivity contribution in [3.8, 4) is 11.3 Å². The van der Waals surface area contributed by atoms with Gasteiger partial charge in [0.2, 0.25) is 0 Å². The molecule has 3 nitrogen and oxygen atoms in total. The molecule has 26 heavy (non-hydrogen) atoms. The van der Waals surface area contributed by atoms with Gasteiger partial charge in [-0.05, 0) is 45.7 Å². The van der Waals surface area contributed by atoms with Gasteiger partial charge < -0.3 is 4.42 Å². The number of para-hydroxylation sites is 1. The second kappa shape index (κ2) is 6.20. The molecule has 0 atom stereocenters. The summed E-state index contributed by atoms with van der Waals surface area (Å²) >= 11 is 2.22. The Morgan fingerprint density at radius 3 is 2.38 bits per heavy atom. The van der Waals surface area contributed by atoms with Crippen molar-refractivity contribution in [1.29, 1.82) is 0 Å². The molecule has 0 unspecified atom stereocenters. The summed E-state index contributed by atoms with van der Waals surface area (Å²) in [4.78, 5) is 17.3. The van der Waals surface area contributed by atoms with E-state index in [1.54, 1.807) is 0 Å². The van der Waals surface area contributed by atoms with Crippen molar-refractivity contribution in [1.82, 2.24) is 4.98 Å². The molecule has 2 heterocycles. The second-order valence-corrected chi connectivity index (χ2v) is 8.52. The van der Waals surface area contributed by atoms with E-state index in [0.717, 1.165) is 20.0 Å². The fraction of sp³-hybridized carbons (Fsp3) is 0.182. The van der Waals surface area contributed by atoms with Gasteiger partial charge in [0, 0.05) is 10.9 Å². The van der Waals surface area contributed by atoms with Crippen LogP contribution in [0.4, 0.5) is 0 Å². The number of nitrogens with zero attached hydrogens (tertiary/aromatic N) is 1. The van der Waals surface area contributed by atoms with Crippen LogP contribution in [0, 0.1) is 3.57 Å². The summed E-state index contributed by atoms with van der Waals surface area (Å²) in [5.74, 6) is 0.575. The second-order valence-electron chi connectivity index (χ2n) is 7.44. The first-order valence-corrected chi connectivity index (χ1v) is 9.55. The first kappa shape index (κ1) is 17.2. The van der Waals surface area contributed by atoms with E-state index in [1.165, 1.54) is 5.56 Å². The Morgan fingerprint density at radius 2 is 1.69 bits per heavy atom. The largest absolute Gasteiger partial charge is 0.421 e. The molecule has 0 radical (unpaired) electrons. The highest BCUT2D eigenvalue weighted by atomic mass is 127. The van der Waals surface area contributed by atoms with Gasteiger partial charge in [0.25, 0.3) is 0 Å². The Labute approximate surface area is 165 Å². The van der Waals surface area contributed by atoms with E-state index >= 15 is 0 Å². The van der Waals surface area contributed by atoms with Crippen LogP contribution in [-0.4, -0.2) is 4.98 Å². The van der Waals surface area contributed by atoms with E-state index in [0.29, 0.717) is 16.7 Å². The Bertz CT molecular complexity index is 1190. The number of hydrogen-bond donors (Lipinski definition) is 0. The van der Waals surface area contributed by atoms with Gasteiger partial charge in [0.15, 0.2) is 5.76 Å². The normalized spacial score (nSPS) is 12.0. The predicted molar refractivity (Wildman–Crippen MR) is 115 cm³/mol. The van der Waals surface area contributed by atoms with E-state index < -0.39 is 0 Å². The lowest BCUT2D eigenvalue weighted by atomic mass is 9.86. The van der Waals surface area contributed by atoms with Crippen molar-refractivity contribution >= 4 is 44.4 Å². The first-order chi connectivity index (χ1) is 12.3. The molecular formula is C22H18INO2. The Hall–Kier alpha value is -2.21. The topological polar surface area (TPSA) is 43.1 Å². The summed E-state index contributed by atoms with van der Waals surface area (Å²) in [6, 6.07) is 17.8. The van der Waals surface area contributed by atoms with E-state index in [-0.39, 0.29) is 11.0 Å². The zero-order valence-electron chi connectivity index (χ0n) is 14.8. The molecule has 0 spiro atoms. The van der Waals surface area contributed by atoms with E-state index in [4.69, 9.17) is 9.40 Å². The SMILES string of the molecule is CC(C)(C)c1ccc(-c2oc(=O)c3cc4ccccc4nc3c2I)cc1. The van der Waals surface area contributed by atoms with Crippen LogP contribution in [0.5, 0.6) is 0 Å². The Kier molecular flexibility index (Phi) is 4.10. The predicted octanol–water partition coefficient (Wildman–Crippen LogP) is 5.91. The minimum absolute atomic E-state index is 0.0797. The van der Waals surface area contributed by atoms with Crippen molar-refractivity contribution in [2.45, 2.75) is 26.2 Å². The highest BCUT2D eigenvalue weighted by Gasteiger charge is 2.17. The molecule has 0 amide bonds. The van der Waals surface area contributed by atoms with E-state index in [9.17, 15) is 4.79 Å². The van der Waals surface area contributed by atoms with Crippen molar-refractivity contribution in [3.63, 3.8) is 0 Å². The monoisotopic (exact) mass is 455 g/mol. The summed E-state index contributed by atoms with van der Waals surface area (Å²) < 4.78 is 6.53. The summed E-state index contributed by atoms with van der Waals surface area (Å²) in [6.07, 6.45) is 0. The van der Waals surface area contributed by atoms with Crippen LogP contribution < -0.4 is 5.63 Å². The number of aromatic nitrogens is 1. The Morgan fingerprint density at radius 1 is 1.00 bits per heavy atom. The van der Waals surface area contributed by atoms with Gasteiger partial charge in [-0.3, -0.25) is 0 Å². The van der Waals surface area contributed by atoms with Gasteiger partial charge >= 0.3 is 5.63 Å². The summed E-state index contributed by atoms with van der Waals surface area (Å²) in [5.41, 5.74) is 3.41. The molecule has 0 aliphatic heterocycles. The third kappa shape index (κ3) is 2.92. The maximum atomic E-state index is 12.6. The van der Waals surface area contributed by atoms with Gasteiger partial charge in [0.05, 0.1) is 20.0 Å². The number of halogens is 1. The number of pyridine rings is 1. The zero-order chi connectivity index (χ0) is 18.5. The average Bonchev–Trinajstić information content (AvgIpc) is 2.63. The molecule has 0 fully saturated rings. The average molecular weight is 455 g/mol. The van der Waals surface area contributed by atoms with Crippen molar-refractivity contribution in [2.75, 3.05) is 0 Å². The summed E-state index contributed by atoms with van der Waals surface area (Å²) in [6.45, 7) is 6.53. The fourth-order valence-corrected chi connectivity index (χ4v) is 3.88. The minimum atomic E-state index is -0.353. The van der Waals surface area contributed by atoms with Crippen LogP contribution >= 0.6 is 22.6 Å². The third-order valence-electron chi connectivity index (χ3n) is 4.56. The quantitative estimate of drug-likeness (QED) is 0.265. The number of benzene rings is 2. The summed E-state index contributed by atoms with van der Waals surface area (Å²) in [7, 11) is 0. The maximum Gasteiger partial charge on any atom is 0.345 e. The smallest absolute Gasteiger partial charge is 0.345 e. The highest BCUT2D eigenvalue weighted by Crippen LogP contribution is 2.31. The van der Waals surface area contributed by atoms with Crippen LogP contribution in [0.3, 0.4) is 0 Å². The number of fused-ring (bicyclic) bond motifs is 2. The van der Waals surface area contributed by atoms with Gasteiger partial charge in [-0.2, -0.15) is 0 Å². The molecule has 0 aliphatic carbocycles. The van der Waals surface area contributed by atoms with Crippen LogP contribution in [0.1, 0.15) is 26.3 Å². The molecule has 0 bridgehead atoms. The molecular weight excluding hydrogens is 437 g/mol. The molecule has 0 saturated carbocycles. The van der Waals surface area contributed by atoms with Crippen LogP contribution in [0.2, 0.25) is 0 Å². The van der Waals surface area contributed by atoms with Crippen LogP contribution in [0.15, 0.2) is 63.8 Å². The Balaban J connectivity index is 1.95. The van der Waals surface area contributed by atoms with Gasteiger partial charge in [-0.1, -0.05) is 63.2 Å². The van der Waals surface area contributed by atoms with Gasteiger partial charge in [0.1, 0.15) is 0 Å². The number of rotatable bonds is 1. The lowest BCUT2D eigenvalue weighted by Gasteiger charge is -2.19. The maximum absolute atomic E-state index is 12.6. The van der Waals surface area contributed by atoms with Crippen molar-refractivity contribution < 1.29 is 4.42 Å². The molecule has 4 aromatic rings. The van der Waals surface area contributed by atoms with E-state index in [1.807, 2.05) is 42.5 Å². The van der Waals surface area contributed by atoms with Gasteiger partial charge in [-0.15, -0.1) is 0 Å². The standard InChI is InChI=1S/C22H18INO2/c1-22(2,3)15-10-8-13(9-11-15)20-18(23)19-16(21(25)26-20)12-14-6-4-5-7-17(14)24-19/h4-12H,1-3H3. The zero-order valence-corrected chi connectivity index (χ0v) is 17.0. The third-order valence-corrected chi connectivity index (χ3v) is 5.56. The van der Waals surface area contributed by atoms with Crippen molar-refractivity contribution in [2.24, 2.45) is 0 Å². The lowest BCUT2D eigenvalue weighted by Crippen LogP contribution is -2.10. The molecule has 4 rings (SSSR count). The summed E-state index contributed by atoms with van der Waals surface area (Å²) in [5, 5.41) is 1.45. The molecule has 2 aromatic carbocycles. The highest BCUT2D eigenvalue weighted by molar-refractivity contribution is 14.1. The van der Waals surface area contributed by atoms with Crippen LogP contribution in [-0.2, 0) is 5.41 Å². The van der Waals surface area contributed by atoms with Crippen molar-refractivity contribution in [3.05, 3.63) is 74.2 Å². The number of hydrogen-bond acceptors (Lipinski definition) is 3. The first-order valence-electron chi connectivity index (χ1n) is 8.47. The molecule has 0 aliphatic rings. The van der Waals surface area contributed by atoms with E-state index in [2.05, 4.69) is 55.5 Å². The lowest BCUT2D eigenvalue weighted by molar-refractivity contribution is 0.531. The van der Waals surface area contributed by atoms with Crippen LogP contribution in [0.25, 0.3) is 33.1 Å². The molecule has 130 valence electrons.